The van der Waals surface area contributed by atoms with Gasteiger partial charge in [-0.25, -0.2) is 0 Å². The number of hydrogen-bond donors (Lipinski definition) is 1. The number of thioether (sulfide) groups is 1. The smallest absolute Gasteiger partial charge is 0.305 e. The Morgan fingerprint density at radius 1 is 1.53 bits per heavy atom. The molecule has 4 nitrogen and oxygen atoms in total. The van der Waals surface area contributed by atoms with Crippen LogP contribution in [0.4, 0.5) is 0 Å². The first-order valence-electron chi connectivity index (χ1n) is 5.51. The molecule has 0 bridgehead atoms. The first-order valence-corrected chi connectivity index (χ1v) is 7.55. The predicted molar refractivity (Wildman–Crippen MR) is 81.2 cm³/mol. The molecule has 0 unspecified atom stereocenters. The Balaban J connectivity index is 2.13. The van der Waals surface area contributed by atoms with E-state index in [-0.39, 0.29) is 18.9 Å². The Labute approximate surface area is 124 Å². The number of carbonyl (C=O) groups is 2. The van der Waals surface area contributed by atoms with Crippen molar-refractivity contribution < 1.29 is 14.7 Å². The number of rotatable bonds is 4. The molecule has 0 spiro atoms. The van der Waals surface area contributed by atoms with Gasteiger partial charge in [0.2, 0.25) is 0 Å². The second-order valence-corrected chi connectivity index (χ2v) is 6.92. The molecular weight excluding hydrogens is 302 g/mol. The highest BCUT2D eigenvalue weighted by Crippen LogP contribution is 2.33. The fourth-order valence-corrected chi connectivity index (χ4v) is 3.76. The van der Waals surface area contributed by atoms with Gasteiger partial charge >= 0.3 is 5.97 Å². The van der Waals surface area contributed by atoms with Crippen LogP contribution in [-0.2, 0) is 9.59 Å². The van der Waals surface area contributed by atoms with Crippen LogP contribution in [0.25, 0.3) is 6.08 Å². The zero-order valence-corrected chi connectivity index (χ0v) is 12.5. The number of thiocarbonyl (C=S) groups is 1. The summed E-state index contributed by atoms with van der Waals surface area (Å²) < 4.78 is 0.422. The predicted octanol–water partition coefficient (Wildman–Crippen LogP) is 2.73. The fraction of sp³-hybridized carbons (Fsp3) is 0.250. The van der Waals surface area contributed by atoms with Crippen LogP contribution < -0.4 is 0 Å². The van der Waals surface area contributed by atoms with Gasteiger partial charge in [-0.2, -0.15) is 0 Å². The summed E-state index contributed by atoms with van der Waals surface area (Å²) in [6.07, 6.45) is 1.70. The van der Waals surface area contributed by atoms with E-state index in [0.29, 0.717) is 9.23 Å². The standard InChI is InChI=1S/C12H11NO3S3/c1-7-2-3-8(18-7)6-9-11(16)13(12(17)19-9)5-4-10(14)15/h2-3,6H,4-5H2,1H3,(H,14,15)/b9-6-. The molecule has 2 heterocycles. The molecule has 1 aliphatic rings. The molecule has 0 radical (unpaired) electrons. The molecule has 1 saturated heterocycles. The largest absolute Gasteiger partial charge is 0.481 e. The molecule has 100 valence electrons. The molecule has 0 atom stereocenters. The first-order chi connectivity index (χ1) is 8.97. The monoisotopic (exact) mass is 313 g/mol. The van der Waals surface area contributed by atoms with Crippen molar-refractivity contribution in [3.63, 3.8) is 0 Å². The Bertz CT molecular complexity index is 577. The molecule has 2 rings (SSSR count). The summed E-state index contributed by atoms with van der Waals surface area (Å²) in [7, 11) is 0. The number of aryl methyl sites for hydroxylation is 1. The molecule has 0 aliphatic carbocycles. The summed E-state index contributed by atoms with van der Waals surface area (Å²) in [6.45, 7) is 2.13. The molecule has 19 heavy (non-hydrogen) atoms. The van der Waals surface area contributed by atoms with Gasteiger partial charge in [-0.3, -0.25) is 14.5 Å². The second kappa shape index (κ2) is 5.85. The molecule has 1 N–H and O–H groups in total. The molecule has 7 heteroatoms. The SMILES string of the molecule is Cc1ccc(/C=C2\SC(=S)N(CCC(=O)O)C2=O)s1. The van der Waals surface area contributed by atoms with Crippen LogP contribution in [0.5, 0.6) is 0 Å². The van der Waals surface area contributed by atoms with E-state index in [0.717, 1.165) is 4.88 Å². The molecule has 0 saturated carbocycles. The molecule has 1 fully saturated rings. The summed E-state index contributed by atoms with van der Waals surface area (Å²) in [6, 6.07) is 3.94. The van der Waals surface area contributed by atoms with Gasteiger partial charge in [0, 0.05) is 16.3 Å². The lowest BCUT2D eigenvalue weighted by Crippen LogP contribution is -2.30. The number of nitrogens with zero attached hydrogens (tertiary/aromatic N) is 1. The van der Waals surface area contributed by atoms with Crippen molar-refractivity contribution in [1.82, 2.24) is 4.90 Å². The second-order valence-electron chi connectivity index (χ2n) is 3.93. The normalized spacial score (nSPS) is 17.5. The van der Waals surface area contributed by atoms with Gasteiger partial charge in [0.25, 0.3) is 5.91 Å². The number of carbonyl (C=O) groups excluding carboxylic acids is 1. The van der Waals surface area contributed by atoms with Crippen molar-refractivity contribution in [3.05, 3.63) is 26.8 Å². The molecule has 0 aromatic carbocycles. The topological polar surface area (TPSA) is 57.6 Å². The van der Waals surface area contributed by atoms with E-state index in [1.165, 1.54) is 21.5 Å². The number of hydrogen-bond acceptors (Lipinski definition) is 5. The van der Waals surface area contributed by atoms with Crippen molar-refractivity contribution in [2.75, 3.05) is 6.54 Å². The van der Waals surface area contributed by atoms with Crippen LogP contribution in [0.1, 0.15) is 16.2 Å². The van der Waals surface area contributed by atoms with Crippen LogP contribution in [0.3, 0.4) is 0 Å². The highest BCUT2D eigenvalue weighted by atomic mass is 32.2. The van der Waals surface area contributed by atoms with Crippen molar-refractivity contribution in [2.45, 2.75) is 13.3 Å². The Hall–Kier alpha value is -1.18. The minimum atomic E-state index is -0.938. The molecule has 1 aromatic rings. The Morgan fingerprint density at radius 3 is 2.84 bits per heavy atom. The van der Waals surface area contributed by atoms with Gasteiger partial charge in [0.15, 0.2) is 0 Å². The third-order valence-corrected chi connectivity index (χ3v) is 4.78. The highest BCUT2D eigenvalue weighted by molar-refractivity contribution is 8.26. The summed E-state index contributed by atoms with van der Waals surface area (Å²) in [5.74, 6) is -1.14. The van der Waals surface area contributed by atoms with E-state index in [9.17, 15) is 9.59 Å². The average molecular weight is 313 g/mol. The van der Waals surface area contributed by atoms with E-state index in [1.54, 1.807) is 17.4 Å². The minimum Gasteiger partial charge on any atom is -0.481 e. The maximum absolute atomic E-state index is 12.1. The van der Waals surface area contributed by atoms with Crippen LogP contribution in [0.15, 0.2) is 17.0 Å². The lowest BCUT2D eigenvalue weighted by atomic mass is 10.3. The van der Waals surface area contributed by atoms with E-state index in [1.807, 2.05) is 19.1 Å². The number of carboxylic acid groups (broad SMARTS) is 1. The van der Waals surface area contributed by atoms with Crippen molar-refractivity contribution in [3.8, 4) is 0 Å². The van der Waals surface area contributed by atoms with Gasteiger partial charge in [-0.15, -0.1) is 11.3 Å². The summed E-state index contributed by atoms with van der Waals surface area (Å²) >= 11 is 7.93. The van der Waals surface area contributed by atoms with E-state index >= 15 is 0 Å². The first kappa shape index (κ1) is 14.2. The van der Waals surface area contributed by atoms with Crippen molar-refractivity contribution in [2.24, 2.45) is 0 Å². The number of amides is 1. The van der Waals surface area contributed by atoms with Crippen LogP contribution in [0, 0.1) is 6.92 Å². The average Bonchev–Trinajstić information content (AvgIpc) is 2.83. The molecule has 1 aromatic heterocycles. The molecule has 1 aliphatic heterocycles. The third kappa shape index (κ3) is 3.43. The van der Waals surface area contributed by atoms with Crippen LogP contribution in [-0.4, -0.2) is 32.7 Å². The van der Waals surface area contributed by atoms with Gasteiger partial charge in [-0.05, 0) is 25.1 Å². The van der Waals surface area contributed by atoms with E-state index in [4.69, 9.17) is 17.3 Å². The Kier molecular flexibility index (Phi) is 4.38. The number of carboxylic acids is 1. The van der Waals surface area contributed by atoms with Gasteiger partial charge in [-0.1, -0.05) is 24.0 Å². The minimum absolute atomic E-state index is 0.0994. The molecule has 1 amide bonds. The summed E-state index contributed by atoms with van der Waals surface area (Å²) in [5.41, 5.74) is 0. The zero-order valence-electron chi connectivity index (χ0n) is 10.1. The lowest BCUT2D eigenvalue weighted by molar-refractivity contribution is -0.137. The van der Waals surface area contributed by atoms with Gasteiger partial charge in [0.1, 0.15) is 4.32 Å². The summed E-state index contributed by atoms with van der Waals surface area (Å²) in [4.78, 5) is 26.7. The number of aliphatic carboxylic acids is 1. The van der Waals surface area contributed by atoms with Crippen LogP contribution in [0.2, 0.25) is 0 Å². The quantitative estimate of drug-likeness (QED) is 0.684. The highest BCUT2D eigenvalue weighted by Gasteiger charge is 2.32. The van der Waals surface area contributed by atoms with E-state index in [2.05, 4.69) is 0 Å². The maximum Gasteiger partial charge on any atom is 0.305 e. The Morgan fingerprint density at radius 2 is 2.26 bits per heavy atom. The van der Waals surface area contributed by atoms with Crippen molar-refractivity contribution >= 4 is 57.6 Å². The fourth-order valence-electron chi connectivity index (χ4n) is 1.56. The van der Waals surface area contributed by atoms with Gasteiger partial charge in [0.05, 0.1) is 11.3 Å². The van der Waals surface area contributed by atoms with Crippen molar-refractivity contribution in [1.29, 1.82) is 0 Å². The number of thiophene rings is 1. The zero-order chi connectivity index (χ0) is 14.0. The lowest BCUT2D eigenvalue weighted by Gasteiger charge is -2.12. The van der Waals surface area contributed by atoms with Crippen LogP contribution >= 0.6 is 35.3 Å². The summed E-state index contributed by atoms with van der Waals surface area (Å²) in [5, 5.41) is 8.65. The van der Waals surface area contributed by atoms with Gasteiger partial charge < -0.3 is 5.11 Å². The third-order valence-electron chi connectivity index (χ3n) is 2.46. The molecular formula is C12H11NO3S3. The van der Waals surface area contributed by atoms with E-state index < -0.39 is 5.97 Å². The maximum atomic E-state index is 12.1.